The maximum Gasteiger partial charge on any atom is 0.0633 e. The first kappa shape index (κ1) is 15.4. The van der Waals surface area contributed by atoms with Crippen LogP contribution in [0.4, 0.5) is 5.69 Å². The largest absolute Gasteiger partial charge is 0.305 e. The van der Waals surface area contributed by atoms with Crippen LogP contribution in [-0.4, -0.2) is 11.4 Å². The van der Waals surface area contributed by atoms with Crippen LogP contribution in [0.15, 0.2) is 40.9 Å². The van der Waals surface area contributed by atoms with Gasteiger partial charge in [-0.15, -0.1) is 0 Å². The Labute approximate surface area is 116 Å². The Morgan fingerprint density at radius 1 is 1.21 bits per heavy atom. The minimum absolute atomic E-state index is 0.723. The molecule has 2 heteroatoms. The fourth-order valence-corrected chi connectivity index (χ4v) is 1.91. The normalized spacial score (nSPS) is 12.6. The minimum atomic E-state index is 0.723. The Balaban J connectivity index is 2.93. The standard InChI is InChI=1S/C17H24N2/c1-5-7-15(17(18)6-2)12-14(4)19-16-10-8-13(3)9-11-16/h8-12,18H,5-7H2,1-4H3/b15-12-,18-17?,19-14?. The lowest BCUT2D eigenvalue weighted by molar-refractivity contribution is 0.928. The Bertz CT molecular complexity index is 478. The molecule has 0 bridgehead atoms. The van der Waals surface area contributed by atoms with Crippen LogP contribution in [0, 0.1) is 12.3 Å². The van der Waals surface area contributed by atoms with Crippen molar-refractivity contribution in [2.75, 3.05) is 0 Å². The number of aryl methyl sites for hydroxylation is 1. The molecule has 0 spiro atoms. The summed E-state index contributed by atoms with van der Waals surface area (Å²) in [5.41, 5.74) is 5.01. The monoisotopic (exact) mass is 256 g/mol. The number of nitrogens with one attached hydrogen (secondary N) is 1. The summed E-state index contributed by atoms with van der Waals surface area (Å²) in [6, 6.07) is 8.18. The van der Waals surface area contributed by atoms with Crippen molar-refractivity contribution >= 4 is 17.1 Å². The molecule has 0 atom stereocenters. The number of rotatable bonds is 6. The highest BCUT2D eigenvalue weighted by Crippen LogP contribution is 2.15. The smallest absolute Gasteiger partial charge is 0.0633 e. The van der Waals surface area contributed by atoms with Crippen LogP contribution in [0.2, 0.25) is 0 Å². The molecule has 1 aromatic rings. The van der Waals surface area contributed by atoms with E-state index in [9.17, 15) is 0 Å². The number of allylic oxidation sites excluding steroid dienone is 2. The lowest BCUT2D eigenvalue weighted by Crippen LogP contribution is -2.02. The summed E-state index contributed by atoms with van der Waals surface area (Å²) in [7, 11) is 0. The molecule has 102 valence electrons. The van der Waals surface area contributed by atoms with Gasteiger partial charge in [0, 0.05) is 11.4 Å². The zero-order chi connectivity index (χ0) is 14.3. The summed E-state index contributed by atoms with van der Waals surface area (Å²) in [5.74, 6) is 0. The van der Waals surface area contributed by atoms with E-state index in [1.807, 2.05) is 26.0 Å². The summed E-state index contributed by atoms with van der Waals surface area (Å²) in [6.07, 6.45) is 4.85. The predicted octanol–water partition coefficient (Wildman–Crippen LogP) is 5.24. The van der Waals surface area contributed by atoms with Crippen molar-refractivity contribution in [2.45, 2.75) is 47.0 Å². The first-order valence-corrected chi connectivity index (χ1v) is 6.97. The average Bonchev–Trinajstić information content (AvgIpc) is 2.40. The maximum atomic E-state index is 7.98. The van der Waals surface area contributed by atoms with Gasteiger partial charge in [0.25, 0.3) is 0 Å². The summed E-state index contributed by atoms with van der Waals surface area (Å²) in [5, 5.41) is 7.98. The van der Waals surface area contributed by atoms with Crippen LogP contribution in [0.1, 0.15) is 45.6 Å². The van der Waals surface area contributed by atoms with Crippen molar-refractivity contribution in [2.24, 2.45) is 4.99 Å². The van der Waals surface area contributed by atoms with Crippen molar-refractivity contribution in [1.82, 2.24) is 0 Å². The highest BCUT2D eigenvalue weighted by molar-refractivity contribution is 6.05. The van der Waals surface area contributed by atoms with Crippen LogP contribution in [0.5, 0.6) is 0 Å². The number of hydrogen-bond donors (Lipinski definition) is 1. The topological polar surface area (TPSA) is 36.2 Å². The summed E-state index contributed by atoms with van der Waals surface area (Å²) in [6.45, 7) is 8.24. The highest BCUT2D eigenvalue weighted by atomic mass is 14.7. The zero-order valence-electron chi connectivity index (χ0n) is 12.5. The first-order chi connectivity index (χ1) is 9.06. The molecule has 1 rings (SSSR count). The summed E-state index contributed by atoms with van der Waals surface area (Å²) < 4.78 is 0. The van der Waals surface area contributed by atoms with Gasteiger partial charge in [-0.25, -0.2) is 0 Å². The molecule has 0 aliphatic heterocycles. The molecule has 0 heterocycles. The average molecular weight is 256 g/mol. The second-order valence-electron chi connectivity index (χ2n) is 4.84. The van der Waals surface area contributed by atoms with Gasteiger partial charge in [-0.05, 0) is 50.5 Å². The van der Waals surface area contributed by atoms with E-state index in [1.165, 1.54) is 5.56 Å². The highest BCUT2D eigenvalue weighted by Gasteiger charge is 2.02. The fourth-order valence-electron chi connectivity index (χ4n) is 1.91. The van der Waals surface area contributed by atoms with Gasteiger partial charge in [0.05, 0.1) is 5.69 Å². The number of benzene rings is 1. The van der Waals surface area contributed by atoms with Crippen LogP contribution in [0.25, 0.3) is 0 Å². The quantitative estimate of drug-likeness (QED) is 0.675. The predicted molar refractivity (Wildman–Crippen MR) is 85.0 cm³/mol. The molecule has 0 aliphatic carbocycles. The van der Waals surface area contributed by atoms with Gasteiger partial charge in [-0.3, -0.25) is 4.99 Å². The van der Waals surface area contributed by atoms with Crippen molar-refractivity contribution in [3.05, 3.63) is 41.5 Å². The first-order valence-electron chi connectivity index (χ1n) is 6.97. The van der Waals surface area contributed by atoms with Gasteiger partial charge in [0.15, 0.2) is 0 Å². The van der Waals surface area contributed by atoms with Crippen molar-refractivity contribution in [3.63, 3.8) is 0 Å². The second-order valence-corrected chi connectivity index (χ2v) is 4.84. The molecular weight excluding hydrogens is 232 g/mol. The molecule has 0 aliphatic rings. The van der Waals surface area contributed by atoms with Gasteiger partial charge in [0.2, 0.25) is 0 Å². The Kier molecular flexibility index (Phi) is 6.20. The van der Waals surface area contributed by atoms with E-state index in [2.05, 4.69) is 37.0 Å². The van der Waals surface area contributed by atoms with Gasteiger partial charge in [-0.2, -0.15) is 0 Å². The minimum Gasteiger partial charge on any atom is -0.305 e. The third kappa shape index (κ3) is 5.21. The number of nitrogens with zero attached hydrogens (tertiary/aromatic N) is 1. The van der Waals surface area contributed by atoms with Crippen molar-refractivity contribution in [3.8, 4) is 0 Å². The molecule has 0 radical (unpaired) electrons. The van der Waals surface area contributed by atoms with Gasteiger partial charge in [-0.1, -0.05) is 38.0 Å². The molecule has 0 saturated carbocycles. The molecule has 1 aromatic carbocycles. The summed E-state index contributed by atoms with van der Waals surface area (Å²) >= 11 is 0. The second kappa shape index (κ2) is 7.67. The molecule has 1 N–H and O–H groups in total. The molecule has 0 saturated heterocycles. The molecule has 0 fully saturated rings. The van der Waals surface area contributed by atoms with Crippen molar-refractivity contribution in [1.29, 1.82) is 5.41 Å². The van der Waals surface area contributed by atoms with E-state index < -0.39 is 0 Å². The molecule has 0 aromatic heterocycles. The number of aliphatic imine (C=N–C) groups is 1. The fraction of sp³-hybridized carbons (Fsp3) is 0.412. The van der Waals surface area contributed by atoms with Crippen LogP contribution >= 0.6 is 0 Å². The summed E-state index contributed by atoms with van der Waals surface area (Å²) in [4.78, 5) is 4.58. The molecule has 19 heavy (non-hydrogen) atoms. The third-order valence-corrected chi connectivity index (χ3v) is 2.98. The lowest BCUT2D eigenvalue weighted by Gasteiger charge is -2.06. The van der Waals surface area contributed by atoms with E-state index in [-0.39, 0.29) is 0 Å². The van der Waals surface area contributed by atoms with Crippen LogP contribution in [-0.2, 0) is 0 Å². The van der Waals surface area contributed by atoms with E-state index in [1.54, 1.807) is 0 Å². The van der Waals surface area contributed by atoms with E-state index in [0.717, 1.165) is 41.9 Å². The Hall–Kier alpha value is -1.70. The lowest BCUT2D eigenvalue weighted by atomic mass is 10.0. The van der Waals surface area contributed by atoms with Gasteiger partial charge < -0.3 is 5.41 Å². The van der Waals surface area contributed by atoms with E-state index in [0.29, 0.717) is 0 Å². The SMILES string of the molecule is CCC/C(=C/C(C)=Nc1ccc(C)cc1)C(=N)CC. The maximum absolute atomic E-state index is 7.98. The zero-order valence-corrected chi connectivity index (χ0v) is 12.5. The van der Waals surface area contributed by atoms with Crippen LogP contribution in [0.3, 0.4) is 0 Å². The van der Waals surface area contributed by atoms with E-state index >= 15 is 0 Å². The van der Waals surface area contributed by atoms with Gasteiger partial charge >= 0.3 is 0 Å². The van der Waals surface area contributed by atoms with Gasteiger partial charge in [0.1, 0.15) is 0 Å². The number of hydrogen-bond acceptors (Lipinski definition) is 2. The Morgan fingerprint density at radius 2 is 1.84 bits per heavy atom. The molecule has 0 amide bonds. The molecular formula is C17H24N2. The molecule has 2 nitrogen and oxygen atoms in total. The Morgan fingerprint density at radius 3 is 2.37 bits per heavy atom. The van der Waals surface area contributed by atoms with Crippen LogP contribution < -0.4 is 0 Å². The third-order valence-electron chi connectivity index (χ3n) is 2.98. The van der Waals surface area contributed by atoms with Crippen molar-refractivity contribution < 1.29 is 0 Å². The molecule has 0 unspecified atom stereocenters. The van der Waals surface area contributed by atoms with E-state index in [4.69, 9.17) is 5.41 Å².